The Morgan fingerprint density at radius 2 is 0.824 bits per heavy atom. The molecule has 0 amide bonds. The van der Waals surface area contributed by atoms with E-state index in [-0.39, 0.29) is 29.9 Å². The van der Waals surface area contributed by atoms with E-state index in [1.54, 1.807) is 0 Å². The number of benzene rings is 8. The average molecular weight is 655 g/mol. The molecule has 0 fully saturated rings. The molecule has 0 N–H and O–H groups in total. The Kier molecular flexibility index (Phi) is 4.99. The molecule has 3 aromatic heterocycles. The van der Waals surface area contributed by atoms with E-state index in [1.807, 2.05) is 47.0 Å². The Labute approximate surface area is 301 Å². The highest BCUT2D eigenvalue weighted by Crippen LogP contribution is 2.41. The monoisotopic (exact) mass is 654 g/mol. The zero-order valence-electron chi connectivity index (χ0n) is 32.4. The second-order valence-electron chi connectivity index (χ2n) is 13.0. The van der Waals surface area contributed by atoms with Crippen LogP contribution in [0.1, 0.15) is 6.85 Å². The van der Waals surface area contributed by atoms with Crippen molar-refractivity contribution in [2.24, 2.45) is 0 Å². The molecule has 3 heteroatoms. The molecule has 0 saturated heterocycles. The summed E-state index contributed by atoms with van der Waals surface area (Å²) < 4.78 is 49.4. The van der Waals surface area contributed by atoms with Gasteiger partial charge < -0.3 is 13.7 Å². The second-order valence-corrected chi connectivity index (χ2v) is 13.0. The third-order valence-electron chi connectivity index (χ3n) is 10.3. The van der Waals surface area contributed by atoms with Gasteiger partial charge in [-0.05, 0) is 89.9 Å². The molecule has 238 valence electrons. The quantitative estimate of drug-likeness (QED) is 0.179. The fraction of sp³-hybridized carbons (Fsp3) is 0. The third-order valence-corrected chi connectivity index (χ3v) is 10.3. The largest absolute Gasteiger partial charge is 0.309 e. The van der Waals surface area contributed by atoms with Gasteiger partial charge in [0.25, 0.3) is 0 Å². The Morgan fingerprint density at radius 3 is 1.49 bits per heavy atom. The zero-order chi connectivity index (χ0) is 37.8. The fourth-order valence-corrected chi connectivity index (χ4v) is 8.20. The molecule has 51 heavy (non-hydrogen) atoms. The van der Waals surface area contributed by atoms with E-state index in [9.17, 15) is 0 Å². The number of rotatable bonds is 4. The first-order chi connectivity index (χ1) is 27.4. The lowest BCUT2D eigenvalue weighted by atomic mass is 10.0. The maximum absolute atomic E-state index is 8.89. The van der Waals surface area contributed by atoms with Gasteiger partial charge in [-0.3, -0.25) is 0 Å². The highest BCUT2D eigenvalue weighted by atomic mass is 15.0. The van der Waals surface area contributed by atoms with Gasteiger partial charge in [0.1, 0.15) is 0 Å². The summed E-state index contributed by atoms with van der Waals surface area (Å²) >= 11 is 0. The normalized spacial score (nSPS) is 13.3. The van der Waals surface area contributed by atoms with E-state index in [1.165, 1.54) is 16.3 Å². The highest BCUT2D eigenvalue weighted by molar-refractivity contribution is 6.17. The zero-order valence-corrected chi connectivity index (χ0v) is 27.4. The predicted octanol–water partition coefficient (Wildman–Crippen LogP) is 12.6. The molecule has 0 atom stereocenters. The van der Waals surface area contributed by atoms with Crippen molar-refractivity contribution < 1.29 is 6.85 Å². The topological polar surface area (TPSA) is 14.8 Å². The number of hydrogen-bond donors (Lipinski definition) is 0. The molecule has 8 aromatic carbocycles. The van der Waals surface area contributed by atoms with Crippen LogP contribution in [-0.2, 0) is 0 Å². The van der Waals surface area contributed by atoms with Crippen molar-refractivity contribution in [3.63, 3.8) is 0 Å². The molecule has 0 saturated carbocycles. The molecular formula is C48H31N3. The summed E-state index contributed by atoms with van der Waals surface area (Å²) in [7, 11) is 0. The van der Waals surface area contributed by atoms with Crippen molar-refractivity contribution in [2.75, 3.05) is 0 Å². The molecule has 0 radical (unpaired) electrons. The summed E-state index contributed by atoms with van der Waals surface area (Å²) in [5.41, 5.74) is 10.4. The summed E-state index contributed by atoms with van der Waals surface area (Å²) in [6, 6.07) is 53.4. The van der Waals surface area contributed by atoms with Crippen molar-refractivity contribution in [1.29, 1.82) is 0 Å². The van der Waals surface area contributed by atoms with Crippen LogP contribution in [0, 0.1) is 0 Å². The highest BCUT2D eigenvalue weighted by Gasteiger charge is 2.20. The maximum atomic E-state index is 8.89. The molecule has 0 spiro atoms. The molecule has 0 aliphatic heterocycles. The van der Waals surface area contributed by atoms with Gasteiger partial charge in [0.05, 0.1) is 45.6 Å². The van der Waals surface area contributed by atoms with Crippen LogP contribution in [-0.4, -0.2) is 13.7 Å². The van der Waals surface area contributed by atoms with Gasteiger partial charge in [-0.2, -0.15) is 0 Å². The van der Waals surface area contributed by atoms with Crippen LogP contribution >= 0.6 is 0 Å². The van der Waals surface area contributed by atoms with Gasteiger partial charge in [-0.25, -0.2) is 0 Å². The van der Waals surface area contributed by atoms with Crippen LogP contribution in [0.25, 0.3) is 93.6 Å². The van der Waals surface area contributed by atoms with Crippen molar-refractivity contribution in [2.45, 2.75) is 0 Å². The van der Waals surface area contributed by atoms with Crippen LogP contribution in [0.3, 0.4) is 0 Å². The first kappa shape index (κ1) is 23.5. The number of aromatic nitrogens is 3. The first-order valence-corrected chi connectivity index (χ1v) is 17.1. The predicted molar refractivity (Wildman–Crippen MR) is 215 cm³/mol. The van der Waals surface area contributed by atoms with Crippen molar-refractivity contribution in [3.05, 3.63) is 188 Å². The Hall–Kier alpha value is -6.84. The van der Waals surface area contributed by atoms with Gasteiger partial charge in [-0.15, -0.1) is 0 Å². The first-order valence-electron chi connectivity index (χ1n) is 19.6. The summed E-state index contributed by atoms with van der Waals surface area (Å²) in [5.74, 6) is 0. The summed E-state index contributed by atoms with van der Waals surface area (Å²) in [5, 5.41) is 6.51. The number of para-hydroxylation sites is 5. The molecule has 3 heterocycles. The van der Waals surface area contributed by atoms with Crippen molar-refractivity contribution in [1.82, 2.24) is 13.7 Å². The standard InChI is InChI=1S/C48H31N3/c1-3-14-34(15-4-1)49-41-21-10-7-18-36(41)39-30-32(26-28-44(39)49)33-27-29-45-40(31-33)37-19-8-11-22-42(37)51(45)47-25-13-24-46-48(47)38-20-9-12-23-43(38)50(46)35-16-5-2-6-17-35/h1-31H/i2D,5D,6D,16D,17D. The van der Waals surface area contributed by atoms with Crippen LogP contribution in [0.15, 0.2) is 188 Å². The molecular weight excluding hydrogens is 619 g/mol. The molecule has 11 rings (SSSR count). The van der Waals surface area contributed by atoms with Gasteiger partial charge in [0, 0.05) is 43.7 Å². The van der Waals surface area contributed by atoms with Crippen molar-refractivity contribution >= 4 is 65.4 Å². The van der Waals surface area contributed by atoms with E-state index >= 15 is 0 Å². The second kappa shape index (κ2) is 10.8. The Bertz CT molecular complexity index is 3400. The lowest BCUT2D eigenvalue weighted by molar-refractivity contribution is 1.17. The van der Waals surface area contributed by atoms with Gasteiger partial charge >= 0.3 is 0 Å². The lowest BCUT2D eigenvalue weighted by Crippen LogP contribution is -1.96. The molecule has 0 bridgehead atoms. The van der Waals surface area contributed by atoms with E-state index in [0.29, 0.717) is 0 Å². The smallest absolute Gasteiger partial charge is 0.0645 e. The van der Waals surface area contributed by atoms with Crippen LogP contribution in [0.2, 0.25) is 0 Å². The van der Waals surface area contributed by atoms with Crippen molar-refractivity contribution in [3.8, 4) is 28.2 Å². The fourth-order valence-electron chi connectivity index (χ4n) is 8.20. The molecule has 0 aliphatic rings. The van der Waals surface area contributed by atoms with Crippen LogP contribution in [0.5, 0.6) is 0 Å². The van der Waals surface area contributed by atoms with Gasteiger partial charge in [0.2, 0.25) is 0 Å². The third kappa shape index (κ3) is 4.06. The Balaban J connectivity index is 1.15. The summed E-state index contributed by atoms with van der Waals surface area (Å²) in [4.78, 5) is 0. The summed E-state index contributed by atoms with van der Waals surface area (Å²) in [6.45, 7) is 0. The Morgan fingerprint density at radius 1 is 0.333 bits per heavy atom. The molecule has 0 unspecified atom stereocenters. The van der Waals surface area contributed by atoms with E-state index in [0.717, 1.165) is 71.6 Å². The van der Waals surface area contributed by atoms with E-state index < -0.39 is 6.04 Å². The van der Waals surface area contributed by atoms with Gasteiger partial charge in [-0.1, -0.05) is 109 Å². The maximum Gasteiger partial charge on any atom is 0.0645 e. The minimum atomic E-state index is -0.409. The number of nitrogens with zero attached hydrogens (tertiary/aromatic N) is 3. The SMILES string of the molecule is [2H]c1c([2H])c([2H])c(-n2c3ccccc3c3c(-n4c5ccccc5c5cc(-c6ccc7c(c6)c6ccccc6n7-c6ccccc6)ccc54)cccc32)c([2H])c1[2H]. The van der Waals surface area contributed by atoms with Crippen LogP contribution < -0.4 is 0 Å². The molecule has 0 aliphatic carbocycles. The van der Waals surface area contributed by atoms with Crippen LogP contribution in [0.4, 0.5) is 0 Å². The average Bonchev–Trinajstić information content (AvgIpc) is 3.88. The van der Waals surface area contributed by atoms with E-state index in [2.05, 4.69) is 124 Å². The molecule has 3 nitrogen and oxygen atoms in total. The van der Waals surface area contributed by atoms with E-state index in [4.69, 9.17) is 6.85 Å². The number of fused-ring (bicyclic) bond motifs is 9. The lowest BCUT2D eigenvalue weighted by Gasteiger charge is -2.12. The number of hydrogen-bond acceptors (Lipinski definition) is 0. The van der Waals surface area contributed by atoms with Gasteiger partial charge in [0.15, 0.2) is 0 Å². The minimum absolute atomic E-state index is 0.134. The minimum Gasteiger partial charge on any atom is -0.309 e. The summed E-state index contributed by atoms with van der Waals surface area (Å²) in [6.07, 6.45) is 0. The molecule has 11 aromatic rings.